The Hall–Kier alpha value is -2.28. The van der Waals surface area contributed by atoms with Gasteiger partial charge in [-0.3, -0.25) is 4.79 Å². The Morgan fingerprint density at radius 1 is 0.659 bits per heavy atom. The largest absolute Gasteiger partial charge is 0.460 e. The summed E-state index contributed by atoms with van der Waals surface area (Å²) in [6, 6.07) is 7.27. The van der Waals surface area contributed by atoms with Gasteiger partial charge >= 0.3 is 11.9 Å². The second-order valence-electron chi connectivity index (χ2n) is 10.0. The van der Waals surface area contributed by atoms with E-state index in [1.54, 1.807) is 12.1 Å². The van der Waals surface area contributed by atoms with Crippen molar-refractivity contribution in [3.05, 3.63) is 29.8 Å². The van der Waals surface area contributed by atoms with Crippen LogP contribution in [0.2, 0.25) is 0 Å². The van der Waals surface area contributed by atoms with Crippen LogP contribution in [0.25, 0.3) is 0 Å². The third-order valence-corrected chi connectivity index (χ3v) is 5.17. The molecule has 0 heterocycles. The molecule has 0 fully saturated rings. The Balaban J connectivity index is 1.79. The lowest BCUT2D eigenvalue weighted by Crippen LogP contribution is -2.24. The van der Waals surface area contributed by atoms with E-state index in [1.165, 1.54) is 0 Å². The van der Waals surface area contributed by atoms with Crippen molar-refractivity contribution < 1.29 is 47.5 Å². The number of hydrogen-bond acceptors (Lipinski definition) is 11. The molecule has 1 N–H and O–H groups in total. The highest BCUT2D eigenvalue weighted by molar-refractivity contribution is 5.89. The Labute approximate surface area is 245 Å². The van der Waals surface area contributed by atoms with Crippen LogP contribution in [-0.4, -0.2) is 110 Å². The van der Waals surface area contributed by atoms with Crippen molar-refractivity contribution in [2.45, 2.75) is 52.6 Å². The third kappa shape index (κ3) is 23.0. The first-order valence-electron chi connectivity index (χ1n) is 14.5. The Bertz CT molecular complexity index is 782. The summed E-state index contributed by atoms with van der Waals surface area (Å²) in [4.78, 5) is 23.6. The molecule has 0 saturated heterocycles. The lowest BCUT2D eigenvalue weighted by atomic mass is 10.2. The molecule has 0 aliphatic rings. The van der Waals surface area contributed by atoms with Gasteiger partial charge in [0.05, 0.1) is 91.3 Å². The number of rotatable bonds is 26. The Kier molecular flexibility index (Phi) is 21.8. The maximum Gasteiger partial charge on any atom is 0.338 e. The maximum absolute atomic E-state index is 12.1. The average Bonchev–Trinajstić information content (AvgIpc) is 2.93. The van der Waals surface area contributed by atoms with E-state index in [2.05, 4.69) is 12.2 Å². The molecule has 0 amide bonds. The van der Waals surface area contributed by atoms with Crippen LogP contribution in [0.1, 0.15) is 57.3 Å². The zero-order chi connectivity index (χ0) is 30.0. The SMILES string of the molecule is CCCCNc1ccc(C(=O)OCCOCCOCCOCCOCCOCCOCCC(=O)OC(C)(C)C)cc1. The molecule has 1 rings (SSSR count). The van der Waals surface area contributed by atoms with Gasteiger partial charge in [0, 0.05) is 12.2 Å². The van der Waals surface area contributed by atoms with E-state index < -0.39 is 5.60 Å². The van der Waals surface area contributed by atoms with Crippen molar-refractivity contribution in [1.29, 1.82) is 0 Å². The van der Waals surface area contributed by atoms with Gasteiger partial charge in [-0.1, -0.05) is 13.3 Å². The quantitative estimate of drug-likeness (QED) is 0.126. The number of carbonyl (C=O) groups is 2. The Morgan fingerprint density at radius 2 is 1.10 bits per heavy atom. The van der Waals surface area contributed by atoms with Gasteiger partial charge in [0.2, 0.25) is 0 Å². The molecule has 1 aromatic carbocycles. The first-order chi connectivity index (χ1) is 19.8. The molecule has 0 spiro atoms. The summed E-state index contributed by atoms with van der Waals surface area (Å²) in [6.45, 7) is 13.9. The van der Waals surface area contributed by atoms with Crippen LogP contribution in [0, 0.1) is 0 Å². The van der Waals surface area contributed by atoms with Gasteiger partial charge in [0.15, 0.2) is 0 Å². The van der Waals surface area contributed by atoms with E-state index in [1.807, 2.05) is 32.9 Å². The molecule has 41 heavy (non-hydrogen) atoms. The molecule has 11 heteroatoms. The van der Waals surface area contributed by atoms with Crippen LogP contribution in [0.5, 0.6) is 0 Å². The lowest BCUT2D eigenvalue weighted by molar-refractivity contribution is -0.156. The van der Waals surface area contributed by atoms with Crippen LogP contribution >= 0.6 is 0 Å². The average molecular weight is 586 g/mol. The predicted molar refractivity (Wildman–Crippen MR) is 155 cm³/mol. The van der Waals surface area contributed by atoms with Crippen LogP contribution in [0.15, 0.2) is 24.3 Å². The molecule has 11 nitrogen and oxygen atoms in total. The van der Waals surface area contributed by atoms with Gasteiger partial charge in [0.1, 0.15) is 12.2 Å². The fourth-order valence-corrected chi connectivity index (χ4v) is 3.16. The number of unbranched alkanes of at least 4 members (excludes halogenated alkanes) is 1. The number of nitrogens with one attached hydrogen (secondary N) is 1. The summed E-state index contributed by atoms with van der Waals surface area (Å²) in [5.41, 5.74) is 1.03. The van der Waals surface area contributed by atoms with E-state index in [0.717, 1.165) is 25.1 Å². The molecular weight excluding hydrogens is 534 g/mol. The Morgan fingerprint density at radius 3 is 1.54 bits per heavy atom. The summed E-state index contributed by atoms with van der Waals surface area (Å²) in [5.74, 6) is -0.632. The highest BCUT2D eigenvalue weighted by atomic mass is 16.6. The van der Waals surface area contributed by atoms with Crippen molar-refractivity contribution in [3.63, 3.8) is 0 Å². The monoisotopic (exact) mass is 585 g/mol. The number of anilines is 1. The van der Waals surface area contributed by atoms with Gasteiger partial charge in [-0.15, -0.1) is 0 Å². The van der Waals surface area contributed by atoms with E-state index in [4.69, 9.17) is 37.9 Å². The second-order valence-corrected chi connectivity index (χ2v) is 10.0. The van der Waals surface area contributed by atoms with Gasteiger partial charge < -0.3 is 43.2 Å². The topological polar surface area (TPSA) is 120 Å². The fraction of sp³-hybridized carbons (Fsp3) is 0.733. The molecule has 0 saturated carbocycles. The normalized spacial score (nSPS) is 11.4. The van der Waals surface area contributed by atoms with Gasteiger partial charge in [-0.05, 0) is 51.5 Å². The minimum atomic E-state index is -0.476. The highest BCUT2D eigenvalue weighted by Gasteiger charge is 2.15. The summed E-state index contributed by atoms with van der Waals surface area (Å²) in [6.07, 6.45) is 2.47. The van der Waals surface area contributed by atoms with Crippen LogP contribution < -0.4 is 5.32 Å². The van der Waals surface area contributed by atoms with Crippen molar-refractivity contribution in [2.24, 2.45) is 0 Å². The number of hydrogen-bond donors (Lipinski definition) is 1. The van der Waals surface area contributed by atoms with Crippen molar-refractivity contribution in [1.82, 2.24) is 0 Å². The molecule has 0 atom stereocenters. The van der Waals surface area contributed by atoms with E-state index in [9.17, 15) is 9.59 Å². The fourth-order valence-electron chi connectivity index (χ4n) is 3.16. The first-order valence-corrected chi connectivity index (χ1v) is 14.5. The second kappa shape index (κ2) is 24.3. The van der Waals surface area contributed by atoms with Crippen LogP contribution in [0.4, 0.5) is 5.69 Å². The molecule has 0 bridgehead atoms. The zero-order valence-electron chi connectivity index (χ0n) is 25.4. The summed E-state index contributed by atoms with van der Waals surface area (Å²) >= 11 is 0. The molecule has 236 valence electrons. The van der Waals surface area contributed by atoms with Gasteiger partial charge in [0.25, 0.3) is 0 Å². The molecule has 1 aromatic rings. The molecule has 0 radical (unpaired) electrons. The number of esters is 2. The highest BCUT2D eigenvalue weighted by Crippen LogP contribution is 2.11. The summed E-state index contributed by atoms with van der Waals surface area (Å²) < 4.78 is 43.0. The molecule has 0 aromatic heterocycles. The van der Waals surface area contributed by atoms with E-state index in [-0.39, 0.29) is 25.0 Å². The maximum atomic E-state index is 12.1. The van der Waals surface area contributed by atoms with Gasteiger partial charge in [-0.2, -0.15) is 0 Å². The summed E-state index contributed by atoms with van der Waals surface area (Å²) in [5, 5.41) is 3.31. The standard InChI is InChI=1S/C30H51NO10/c1-5-6-12-31-27-9-7-26(8-10-27)29(33)40-25-24-39-23-22-38-21-20-37-19-18-36-17-16-35-15-14-34-13-11-28(32)41-30(2,3)4/h7-10,31H,5-6,11-25H2,1-4H3. The third-order valence-electron chi connectivity index (χ3n) is 5.17. The van der Waals surface area contributed by atoms with E-state index in [0.29, 0.717) is 84.8 Å². The molecule has 0 aliphatic carbocycles. The molecule has 0 aliphatic heterocycles. The zero-order valence-corrected chi connectivity index (χ0v) is 25.4. The minimum absolute atomic E-state index is 0.188. The van der Waals surface area contributed by atoms with Crippen molar-refractivity contribution in [3.8, 4) is 0 Å². The number of ether oxygens (including phenoxy) is 8. The minimum Gasteiger partial charge on any atom is -0.460 e. The number of benzene rings is 1. The lowest BCUT2D eigenvalue weighted by Gasteiger charge is -2.19. The summed E-state index contributed by atoms with van der Waals surface area (Å²) in [7, 11) is 0. The number of carbonyl (C=O) groups excluding carboxylic acids is 2. The smallest absolute Gasteiger partial charge is 0.338 e. The predicted octanol–water partition coefficient (Wildman–Crippen LogP) is 3.89. The van der Waals surface area contributed by atoms with Gasteiger partial charge in [-0.25, -0.2) is 4.79 Å². The van der Waals surface area contributed by atoms with Crippen molar-refractivity contribution >= 4 is 17.6 Å². The van der Waals surface area contributed by atoms with Crippen LogP contribution in [0.3, 0.4) is 0 Å². The van der Waals surface area contributed by atoms with E-state index >= 15 is 0 Å². The molecular formula is C30H51NO10. The first kappa shape index (κ1) is 36.7. The van der Waals surface area contributed by atoms with Crippen molar-refractivity contribution in [2.75, 3.05) is 97.8 Å². The molecule has 0 unspecified atom stereocenters. The van der Waals surface area contributed by atoms with Crippen LogP contribution in [-0.2, 0) is 42.7 Å².